The number of nitrogens with one attached hydrogen (secondary N) is 2. The Bertz CT molecular complexity index is 242. The Morgan fingerprint density at radius 3 is 2.94 bits per heavy atom. The summed E-state index contributed by atoms with van der Waals surface area (Å²) in [6.45, 7) is 7.23. The van der Waals surface area contributed by atoms with E-state index in [1.165, 1.54) is 5.75 Å². The number of rotatable bonds is 7. The summed E-state index contributed by atoms with van der Waals surface area (Å²) in [5.74, 6) is 2.41. The fraction of sp³-hybridized carbons (Fsp3) is 0.923. The summed E-state index contributed by atoms with van der Waals surface area (Å²) >= 11 is 1.93. The van der Waals surface area contributed by atoms with Crippen molar-refractivity contribution >= 4 is 17.7 Å². The first-order valence-electron chi connectivity index (χ1n) is 6.87. The summed E-state index contributed by atoms with van der Waals surface area (Å²) in [6, 6.07) is 0.936. The highest BCUT2D eigenvalue weighted by molar-refractivity contribution is 7.99. The van der Waals surface area contributed by atoms with E-state index < -0.39 is 0 Å². The highest BCUT2D eigenvalue weighted by Crippen LogP contribution is 2.09. The first-order chi connectivity index (χ1) is 8.59. The Balaban J connectivity index is 2.02. The zero-order valence-electron chi connectivity index (χ0n) is 11.9. The van der Waals surface area contributed by atoms with Crippen LogP contribution < -0.4 is 10.6 Å². The molecule has 0 spiro atoms. The summed E-state index contributed by atoms with van der Waals surface area (Å²) in [6.07, 6.45) is 1.64. The molecule has 0 radical (unpaired) electrons. The lowest BCUT2D eigenvalue weighted by Crippen LogP contribution is -2.41. The predicted octanol–water partition coefficient (Wildman–Crippen LogP) is 0.928. The van der Waals surface area contributed by atoms with Gasteiger partial charge in [0.15, 0.2) is 0 Å². The molecule has 1 aliphatic rings. The number of amides is 1. The molecule has 1 saturated heterocycles. The third-order valence-electron chi connectivity index (χ3n) is 3.32. The zero-order valence-corrected chi connectivity index (χ0v) is 12.7. The van der Waals surface area contributed by atoms with E-state index in [1.807, 2.05) is 11.8 Å². The van der Waals surface area contributed by atoms with Crippen molar-refractivity contribution in [2.75, 3.05) is 38.2 Å². The molecule has 1 fully saturated rings. The molecule has 0 aromatic heterocycles. The normalized spacial score (nSPS) is 20.4. The third-order valence-corrected chi connectivity index (χ3v) is 4.45. The average molecular weight is 273 g/mol. The van der Waals surface area contributed by atoms with Crippen molar-refractivity contribution in [2.45, 2.75) is 38.8 Å². The van der Waals surface area contributed by atoms with Crippen molar-refractivity contribution in [1.82, 2.24) is 15.5 Å². The van der Waals surface area contributed by atoms with Crippen LogP contribution in [0.4, 0.5) is 0 Å². The second-order valence-electron chi connectivity index (χ2n) is 5.21. The fourth-order valence-electron chi connectivity index (χ4n) is 1.86. The molecule has 0 bridgehead atoms. The number of carbonyl (C=O) groups excluding carboxylic acids is 1. The summed E-state index contributed by atoms with van der Waals surface area (Å²) in [5, 5.41) is 6.39. The van der Waals surface area contributed by atoms with E-state index in [4.69, 9.17) is 0 Å². The molecule has 1 rings (SSSR count). The molecule has 0 saturated carbocycles. The molecule has 2 N–H and O–H groups in total. The molecule has 1 heterocycles. The zero-order chi connectivity index (χ0) is 13.4. The quantitative estimate of drug-likeness (QED) is 0.677. The number of carbonyl (C=O) groups is 1. The van der Waals surface area contributed by atoms with Gasteiger partial charge in [-0.05, 0) is 33.9 Å². The Morgan fingerprint density at radius 1 is 1.56 bits per heavy atom. The molecule has 0 aliphatic carbocycles. The Morgan fingerprint density at radius 2 is 2.33 bits per heavy atom. The molecule has 4 nitrogen and oxygen atoms in total. The van der Waals surface area contributed by atoms with E-state index in [0.29, 0.717) is 18.5 Å². The van der Waals surface area contributed by atoms with E-state index in [0.717, 1.165) is 31.8 Å². The standard InChI is InChI=1S/C13H27N3OS/c1-11(2)16(3)7-4-5-15-13(17)9-12-10-18-8-6-14-12/h11-12,14H,4-10H2,1-3H3,(H,15,17). The molecule has 106 valence electrons. The van der Waals surface area contributed by atoms with E-state index in [9.17, 15) is 4.79 Å². The highest BCUT2D eigenvalue weighted by atomic mass is 32.2. The van der Waals surface area contributed by atoms with E-state index >= 15 is 0 Å². The highest BCUT2D eigenvalue weighted by Gasteiger charge is 2.16. The lowest BCUT2D eigenvalue weighted by atomic mass is 10.2. The largest absolute Gasteiger partial charge is 0.356 e. The van der Waals surface area contributed by atoms with Crippen LogP contribution in [-0.4, -0.2) is 61.1 Å². The van der Waals surface area contributed by atoms with Gasteiger partial charge in [-0.2, -0.15) is 11.8 Å². The first-order valence-corrected chi connectivity index (χ1v) is 8.03. The van der Waals surface area contributed by atoms with Crippen LogP contribution in [-0.2, 0) is 4.79 Å². The van der Waals surface area contributed by atoms with Crippen molar-refractivity contribution in [3.8, 4) is 0 Å². The van der Waals surface area contributed by atoms with E-state index in [-0.39, 0.29) is 5.91 Å². The van der Waals surface area contributed by atoms with Gasteiger partial charge in [-0.25, -0.2) is 0 Å². The van der Waals surface area contributed by atoms with E-state index in [1.54, 1.807) is 0 Å². The van der Waals surface area contributed by atoms with Gasteiger partial charge in [0.25, 0.3) is 0 Å². The maximum absolute atomic E-state index is 11.7. The third kappa shape index (κ3) is 6.61. The summed E-state index contributed by atoms with van der Waals surface area (Å²) in [7, 11) is 2.12. The number of nitrogens with zero attached hydrogens (tertiary/aromatic N) is 1. The van der Waals surface area contributed by atoms with Crippen molar-refractivity contribution in [2.24, 2.45) is 0 Å². The van der Waals surface area contributed by atoms with Crippen molar-refractivity contribution < 1.29 is 4.79 Å². The SMILES string of the molecule is CC(C)N(C)CCCNC(=O)CC1CSCCN1. The topological polar surface area (TPSA) is 44.4 Å². The molecule has 5 heteroatoms. The van der Waals surface area contributed by atoms with Crippen LogP contribution in [0.25, 0.3) is 0 Å². The van der Waals surface area contributed by atoms with Crippen LogP contribution in [0.3, 0.4) is 0 Å². The fourth-order valence-corrected chi connectivity index (χ4v) is 2.81. The van der Waals surface area contributed by atoms with Gasteiger partial charge in [0.2, 0.25) is 5.91 Å². The minimum Gasteiger partial charge on any atom is -0.356 e. The van der Waals surface area contributed by atoms with Gasteiger partial charge >= 0.3 is 0 Å². The summed E-state index contributed by atoms with van der Waals surface area (Å²) < 4.78 is 0. The number of hydrogen-bond donors (Lipinski definition) is 2. The number of thioether (sulfide) groups is 1. The lowest BCUT2D eigenvalue weighted by Gasteiger charge is -2.23. The smallest absolute Gasteiger partial charge is 0.221 e. The van der Waals surface area contributed by atoms with Gasteiger partial charge in [0, 0.05) is 43.1 Å². The van der Waals surface area contributed by atoms with Crippen LogP contribution in [0.2, 0.25) is 0 Å². The van der Waals surface area contributed by atoms with Crippen LogP contribution in [0.15, 0.2) is 0 Å². The van der Waals surface area contributed by atoms with Gasteiger partial charge in [0.05, 0.1) is 0 Å². The minimum absolute atomic E-state index is 0.183. The second kappa shape index (κ2) is 8.77. The maximum Gasteiger partial charge on any atom is 0.221 e. The maximum atomic E-state index is 11.7. The molecular formula is C13H27N3OS. The molecule has 1 atom stereocenters. The minimum atomic E-state index is 0.183. The molecule has 0 aromatic carbocycles. The van der Waals surface area contributed by atoms with Gasteiger partial charge in [-0.15, -0.1) is 0 Å². The Labute approximate surface area is 115 Å². The molecule has 0 aromatic rings. The molecule has 1 unspecified atom stereocenters. The summed E-state index contributed by atoms with van der Waals surface area (Å²) in [4.78, 5) is 14.0. The summed E-state index contributed by atoms with van der Waals surface area (Å²) in [5.41, 5.74) is 0. The predicted molar refractivity (Wildman–Crippen MR) is 79.1 cm³/mol. The van der Waals surface area contributed by atoms with Gasteiger partial charge < -0.3 is 15.5 Å². The van der Waals surface area contributed by atoms with Gasteiger partial charge in [0.1, 0.15) is 0 Å². The molecular weight excluding hydrogens is 246 g/mol. The Kier molecular flexibility index (Phi) is 7.70. The van der Waals surface area contributed by atoms with Crippen LogP contribution in [0.1, 0.15) is 26.7 Å². The molecule has 1 amide bonds. The van der Waals surface area contributed by atoms with Gasteiger partial charge in [-0.3, -0.25) is 4.79 Å². The van der Waals surface area contributed by atoms with Crippen molar-refractivity contribution in [3.05, 3.63) is 0 Å². The van der Waals surface area contributed by atoms with Crippen LogP contribution >= 0.6 is 11.8 Å². The molecule has 1 aliphatic heterocycles. The van der Waals surface area contributed by atoms with E-state index in [2.05, 4.69) is 36.4 Å². The Hall–Kier alpha value is -0.260. The first kappa shape index (κ1) is 15.8. The average Bonchev–Trinajstić information content (AvgIpc) is 2.35. The number of hydrogen-bond acceptors (Lipinski definition) is 4. The van der Waals surface area contributed by atoms with Gasteiger partial charge in [-0.1, -0.05) is 0 Å². The monoisotopic (exact) mass is 273 g/mol. The second-order valence-corrected chi connectivity index (χ2v) is 6.36. The van der Waals surface area contributed by atoms with Crippen molar-refractivity contribution in [1.29, 1.82) is 0 Å². The van der Waals surface area contributed by atoms with Crippen LogP contribution in [0, 0.1) is 0 Å². The lowest BCUT2D eigenvalue weighted by molar-refractivity contribution is -0.121. The van der Waals surface area contributed by atoms with Crippen molar-refractivity contribution in [3.63, 3.8) is 0 Å². The molecule has 18 heavy (non-hydrogen) atoms. The van der Waals surface area contributed by atoms with Crippen LogP contribution in [0.5, 0.6) is 0 Å².